The van der Waals surface area contributed by atoms with E-state index < -0.39 is 9.84 Å². The fourth-order valence-electron chi connectivity index (χ4n) is 2.49. The Kier molecular flexibility index (Phi) is 5.89. The second-order valence-corrected chi connectivity index (χ2v) is 7.24. The lowest BCUT2D eigenvalue weighted by molar-refractivity contribution is 0.0854. The van der Waals surface area contributed by atoms with E-state index in [1.54, 1.807) is 7.11 Å². The van der Waals surface area contributed by atoms with Crippen molar-refractivity contribution >= 4 is 9.84 Å². The topological polar surface area (TPSA) is 55.4 Å². The normalized spacial score (nSPS) is 26.9. The second kappa shape index (κ2) is 6.71. The molecule has 0 bridgehead atoms. The molecule has 0 aromatic carbocycles. The van der Waals surface area contributed by atoms with Crippen LogP contribution < -0.4 is 5.32 Å². The van der Waals surface area contributed by atoms with Crippen LogP contribution in [-0.2, 0) is 14.6 Å². The minimum absolute atomic E-state index is 0.196. The summed E-state index contributed by atoms with van der Waals surface area (Å²) in [5, 5.41) is 3.33. The van der Waals surface area contributed by atoms with E-state index in [4.69, 9.17) is 4.74 Å². The summed E-state index contributed by atoms with van der Waals surface area (Å²) < 4.78 is 28.3. The van der Waals surface area contributed by atoms with Gasteiger partial charge in [0.05, 0.1) is 17.6 Å². The molecular weight excluding hydrogens is 238 g/mol. The van der Waals surface area contributed by atoms with Gasteiger partial charge in [0.1, 0.15) is 0 Å². The predicted octanol–water partition coefficient (Wildman–Crippen LogP) is 1.07. The number of hydrogen-bond donors (Lipinski definition) is 1. The molecule has 1 heterocycles. The molecule has 1 fully saturated rings. The summed E-state index contributed by atoms with van der Waals surface area (Å²) in [5.41, 5.74) is 0. The highest BCUT2D eigenvalue weighted by Crippen LogP contribution is 2.29. The molecule has 1 aliphatic heterocycles. The zero-order valence-electron chi connectivity index (χ0n) is 11.1. The Labute approximate surface area is 105 Å². The summed E-state index contributed by atoms with van der Waals surface area (Å²) in [4.78, 5) is 0. The second-order valence-electron chi connectivity index (χ2n) is 5.01. The predicted molar refractivity (Wildman–Crippen MR) is 69.9 cm³/mol. The lowest BCUT2D eigenvalue weighted by Gasteiger charge is -2.25. The third kappa shape index (κ3) is 4.94. The van der Waals surface area contributed by atoms with E-state index in [1.807, 2.05) is 6.92 Å². The Bertz CT molecular complexity index is 316. The van der Waals surface area contributed by atoms with Crippen LogP contribution in [0.15, 0.2) is 0 Å². The fourth-order valence-corrected chi connectivity index (χ4v) is 4.41. The Morgan fingerprint density at radius 1 is 1.47 bits per heavy atom. The van der Waals surface area contributed by atoms with Gasteiger partial charge in [-0.3, -0.25) is 0 Å². The Morgan fingerprint density at radius 2 is 2.18 bits per heavy atom. The third-order valence-electron chi connectivity index (χ3n) is 3.63. The first-order valence-corrected chi connectivity index (χ1v) is 8.24. The number of hydrogen-bond acceptors (Lipinski definition) is 4. The summed E-state index contributed by atoms with van der Waals surface area (Å²) in [6.07, 6.45) is 1.94. The van der Waals surface area contributed by atoms with E-state index >= 15 is 0 Å². The monoisotopic (exact) mass is 263 g/mol. The lowest BCUT2D eigenvalue weighted by atomic mass is 9.87. The van der Waals surface area contributed by atoms with Crippen LogP contribution in [0.2, 0.25) is 0 Å². The average Bonchev–Trinajstić information content (AvgIpc) is 2.64. The number of ether oxygens (including phenoxy) is 1. The first-order valence-electron chi connectivity index (χ1n) is 6.42. The molecule has 1 saturated heterocycles. The molecule has 0 radical (unpaired) electrons. The highest BCUT2D eigenvalue weighted by Gasteiger charge is 2.33. The van der Waals surface area contributed by atoms with Crippen molar-refractivity contribution < 1.29 is 13.2 Å². The molecular formula is C12H25NO3S. The van der Waals surface area contributed by atoms with Crippen molar-refractivity contribution in [2.24, 2.45) is 11.8 Å². The smallest absolute Gasteiger partial charge is 0.150 e. The van der Waals surface area contributed by atoms with Gasteiger partial charge in [0.25, 0.3) is 0 Å². The van der Waals surface area contributed by atoms with Crippen molar-refractivity contribution in [1.29, 1.82) is 0 Å². The summed E-state index contributed by atoms with van der Waals surface area (Å²) in [5.74, 6) is 1.43. The Balaban J connectivity index is 2.56. The number of sulfone groups is 1. The van der Waals surface area contributed by atoms with Gasteiger partial charge >= 0.3 is 0 Å². The summed E-state index contributed by atoms with van der Waals surface area (Å²) >= 11 is 0. The van der Waals surface area contributed by atoms with Gasteiger partial charge in [-0.1, -0.05) is 6.92 Å². The molecule has 0 aromatic rings. The molecule has 1 N–H and O–H groups in total. The summed E-state index contributed by atoms with van der Waals surface area (Å²) in [7, 11) is -1.07. The molecule has 3 atom stereocenters. The highest BCUT2D eigenvalue weighted by atomic mass is 32.2. The third-order valence-corrected chi connectivity index (χ3v) is 5.42. The van der Waals surface area contributed by atoms with Crippen LogP contribution >= 0.6 is 0 Å². The maximum absolute atomic E-state index is 11.5. The molecule has 5 heteroatoms. The van der Waals surface area contributed by atoms with Crippen LogP contribution in [0.1, 0.15) is 26.7 Å². The number of rotatable bonds is 7. The minimum Gasteiger partial charge on any atom is -0.382 e. The van der Waals surface area contributed by atoms with Crippen molar-refractivity contribution in [2.75, 3.05) is 31.7 Å². The SMILES string of the molecule is CCNCC(CC(C)OC)C1CCS(=O)(=O)C1. The quantitative estimate of drug-likeness (QED) is 0.746. The van der Waals surface area contributed by atoms with Crippen LogP contribution in [0, 0.1) is 11.8 Å². The minimum atomic E-state index is -2.78. The van der Waals surface area contributed by atoms with Crippen molar-refractivity contribution in [1.82, 2.24) is 5.32 Å². The van der Waals surface area contributed by atoms with E-state index in [2.05, 4.69) is 12.2 Å². The molecule has 3 unspecified atom stereocenters. The van der Waals surface area contributed by atoms with Crippen LogP contribution in [0.4, 0.5) is 0 Å². The van der Waals surface area contributed by atoms with Crippen molar-refractivity contribution in [2.45, 2.75) is 32.8 Å². The maximum atomic E-state index is 11.5. The van der Waals surface area contributed by atoms with E-state index in [0.29, 0.717) is 23.3 Å². The number of nitrogens with one attached hydrogen (secondary N) is 1. The van der Waals surface area contributed by atoms with Gasteiger partial charge in [-0.2, -0.15) is 0 Å². The van der Waals surface area contributed by atoms with Gasteiger partial charge in [0.2, 0.25) is 0 Å². The zero-order valence-corrected chi connectivity index (χ0v) is 11.9. The Hall–Kier alpha value is -0.130. The van der Waals surface area contributed by atoms with Gasteiger partial charge < -0.3 is 10.1 Å². The highest BCUT2D eigenvalue weighted by molar-refractivity contribution is 7.91. The van der Waals surface area contributed by atoms with Crippen LogP contribution in [0.3, 0.4) is 0 Å². The van der Waals surface area contributed by atoms with Crippen molar-refractivity contribution in [3.63, 3.8) is 0 Å². The molecule has 102 valence electrons. The van der Waals surface area contributed by atoms with E-state index in [-0.39, 0.29) is 6.10 Å². The van der Waals surface area contributed by atoms with Gasteiger partial charge in [0, 0.05) is 7.11 Å². The van der Waals surface area contributed by atoms with Crippen molar-refractivity contribution in [3.05, 3.63) is 0 Å². The van der Waals surface area contributed by atoms with Crippen LogP contribution in [0.25, 0.3) is 0 Å². The fraction of sp³-hybridized carbons (Fsp3) is 1.00. The lowest BCUT2D eigenvalue weighted by Crippen LogP contribution is -2.31. The van der Waals surface area contributed by atoms with E-state index in [1.165, 1.54) is 0 Å². The molecule has 0 aliphatic carbocycles. The largest absolute Gasteiger partial charge is 0.382 e. The van der Waals surface area contributed by atoms with Crippen LogP contribution in [-0.4, -0.2) is 46.2 Å². The molecule has 0 aromatic heterocycles. The van der Waals surface area contributed by atoms with E-state index in [9.17, 15) is 8.42 Å². The maximum Gasteiger partial charge on any atom is 0.150 e. The molecule has 0 saturated carbocycles. The zero-order chi connectivity index (χ0) is 12.9. The molecule has 4 nitrogen and oxygen atoms in total. The molecule has 1 rings (SSSR count). The molecule has 0 amide bonds. The first-order chi connectivity index (χ1) is 7.98. The van der Waals surface area contributed by atoms with Gasteiger partial charge in [-0.25, -0.2) is 8.42 Å². The number of methoxy groups -OCH3 is 1. The summed E-state index contributed by atoms with van der Waals surface area (Å²) in [6, 6.07) is 0. The van der Waals surface area contributed by atoms with Gasteiger partial charge in [0.15, 0.2) is 9.84 Å². The molecule has 0 spiro atoms. The van der Waals surface area contributed by atoms with Gasteiger partial charge in [-0.05, 0) is 44.7 Å². The molecule has 17 heavy (non-hydrogen) atoms. The Morgan fingerprint density at radius 3 is 2.65 bits per heavy atom. The van der Waals surface area contributed by atoms with Crippen molar-refractivity contribution in [3.8, 4) is 0 Å². The molecule has 1 aliphatic rings. The summed E-state index contributed by atoms with van der Waals surface area (Å²) in [6.45, 7) is 5.94. The average molecular weight is 263 g/mol. The van der Waals surface area contributed by atoms with Gasteiger partial charge in [-0.15, -0.1) is 0 Å². The van der Waals surface area contributed by atoms with E-state index in [0.717, 1.165) is 25.9 Å². The standard InChI is InChI=1S/C12H25NO3S/c1-4-13-8-12(7-10(2)16-3)11-5-6-17(14,15)9-11/h10-13H,4-9H2,1-3H3. The van der Waals surface area contributed by atoms with Crippen LogP contribution in [0.5, 0.6) is 0 Å². The first kappa shape index (κ1) is 14.9.